The first-order chi connectivity index (χ1) is 19.7. The average molecular weight is 516 g/mol. The molecule has 0 fully saturated rings. The lowest BCUT2D eigenvalue weighted by atomic mass is 10.0. The molecule has 190 valence electrons. The van der Waals surface area contributed by atoms with E-state index in [0.29, 0.717) is 0 Å². The predicted octanol–water partition coefficient (Wildman–Crippen LogP) is 8.05. The molecule has 0 saturated carbocycles. The molecule has 5 aromatic carbocycles. The van der Waals surface area contributed by atoms with Crippen LogP contribution in [0.3, 0.4) is 0 Å². The van der Waals surface area contributed by atoms with Gasteiger partial charge in [0.15, 0.2) is 0 Å². The quantitative estimate of drug-likeness (QED) is 0.223. The van der Waals surface area contributed by atoms with Crippen molar-refractivity contribution in [2.45, 2.75) is 0 Å². The van der Waals surface area contributed by atoms with Crippen molar-refractivity contribution in [2.75, 3.05) is 18.6 Å². The van der Waals surface area contributed by atoms with Gasteiger partial charge in [-0.15, -0.1) is 0 Å². The van der Waals surface area contributed by atoms with Gasteiger partial charge in [-0.3, -0.25) is 4.57 Å². The van der Waals surface area contributed by atoms with Gasteiger partial charge in [0.25, 0.3) is 0 Å². The van der Waals surface area contributed by atoms with Crippen LogP contribution in [-0.4, -0.2) is 32.7 Å². The summed E-state index contributed by atoms with van der Waals surface area (Å²) in [6, 6.07) is 37.5. The van der Waals surface area contributed by atoms with Crippen molar-refractivity contribution < 1.29 is 0 Å². The fourth-order valence-electron chi connectivity index (χ4n) is 6.65. The number of pyridine rings is 1. The second-order valence-electron chi connectivity index (χ2n) is 10.7. The van der Waals surface area contributed by atoms with Gasteiger partial charge < -0.3 is 14.4 Å². The Kier molecular flexibility index (Phi) is 4.25. The molecular formula is C35H25N5. The first-order valence-electron chi connectivity index (χ1n) is 13.6. The van der Waals surface area contributed by atoms with Crippen LogP contribution in [0.1, 0.15) is 0 Å². The Bertz CT molecular complexity index is 2270. The normalized spacial score (nSPS) is 13.8. The molecule has 0 N–H and O–H groups in total. The third kappa shape index (κ3) is 2.89. The fraction of sp³-hybridized carbons (Fsp3) is 0.0571. The van der Waals surface area contributed by atoms with Gasteiger partial charge in [-0.1, -0.05) is 54.6 Å². The number of nitrogens with zero attached hydrogens (tertiary/aromatic N) is 5. The van der Waals surface area contributed by atoms with Gasteiger partial charge in [-0.05, 0) is 59.3 Å². The van der Waals surface area contributed by atoms with E-state index in [1.54, 1.807) is 0 Å². The molecule has 0 saturated heterocycles. The second-order valence-corrected chi connectivity index (χ2v) is 10.7. The number of hydrogen-bond acceptors (Lipinski definition) is 3. The summed E-state index contributed by atoms with van der Waals surface area (Å²) in [5.41, 5.74) is 7.10. The topological polar surface area (TPSA) is 29.2 Å². The molecule has 0 bridgehead atoms. The Morgan fingerprint density at radius 2 is 1.38 bits per heavy atom. The number of rotatable bonds is 3. The van der Waals surface area contributed by atoms with E-state index in [1.807, 2.05) is 12.3 Å². The minimum Gasteiger partial charge on any atom is -0.361 e. The summed E-state index contributed by atoms with van der Waals surface area (Å²) >= 11 is 0. The maximum Gasteiger partial charge on any atom is 0.137 e. The highest BCUT2D eigenvalue weighted by Crippen LogP contribution is 2.41. The number of hydrogen-bond donors (Lipinski definition) is 0. The monoisotopic (exact) mass is 515 g/mol. The Morgan fingerprint density at radius 1 is 0.575 bits per heavy atom. The highest BCUT2D eigenvalue weighted by molar-refractivity contribution is 6.24. The zero-order valence-electron chi connectivity index (χ0n) is 22.0. The SMILES string of the molecule is CN1C=CN(c2ccc3c4ccccc4n(-c4cc5ccc6cccc7c6c5c(c4)n7-c4ccccn4)c3c2)C1. The molecule has 0 radical (unpaired) electrons. The number of anilines is 1. The molecule has 0 aliphatic carbocycles. The Labute approximate surface area is 230 Å². The van der Waals surface area contributed by atoms with Gasteiger partial charge in [0, 0.05) is 58.6 Å². The lowest BCUT2D eigenvalue weighted by Crippen LogP contribution is -2.21. The summed E-state index contributed by atoms with van der Waals surface area (Å²) in [5, 5.41) is 7.58. The van der Waals surface area contributed by atoms with E-state index in [4.69, 9.17) is 4.98 Å². The minimum atomic E-state index is 0.846. The van der Waals surface area contributed by atoms with Gasteiger partial charge in [0.05, 0.1) is 28.7 Å². The first kappa shape index (κ1) is 21.6. The third-order valence-corrected chi connectivity index (χ3v) is 8.38. The van der Waals surface area contributed by atoms with Crippen LogP contribution in [0.5, 0.6) is 0 Å². The number of benzene rings is 5. The van der Waals surface area contributed by atoms with Crippen molar-refractivity contribution in [3.05, 3.63) is 122 Å². The Balaban J connectivity index is 1.40. The average Bonchev–Trinajstić information content (AvgIpc) is 3.68. The van der Waals surface area contributed by atoms with Gasteiger partial charge in [-0.2, -0.15) is 0 Å². The van der Waals surface area contributed by atoms with Crippen LogP contribution in [0.15, 0.2) is 122 Å². The second kappa shape index (κ2) is 7.87. The zero-order valence-corrected chi connectivity index (χ0v) is 22.0. The molecule has 0 amide bonds. The van der Waals surface area contributed by atoms with E-state index >= 15 is 0 Å². The molecule has 1 aliphatic rings. The lowest BCUT2D eigenvalue weighted by molar-refractivity contribution is 0.496. The van der Waals surface area contributed by atoms with Crippen LogP contribution in [0.2, 0.25) is 0 Å². The molecule has 1 aliphatic heterocycles. The summed E-state index contributed by atoms with van der Waals surface area (Å²) in [6.45, 7) is 0.846. The Morgan fingerprint density at radius 3 is 2.25 bits per heavy atom. The molecule has 5 nitrogen and oxygen atoms in total. The van der Waals surface area contributed by atoms with Crippen LogP contribution < -0.4 is 4.90 Å². The van der Waals surface area contributed by atoms with Crippen molar-refractivity contribution in [3.8, 4) is 11.5 Å². The predicted molar refractivity (Wildman–Crippen MR) is 166 cm³/mol. The largest absolute Gasteiger partial charge is 0.361 e. The van der Waals surface area contributed by atoms with Crippen molar-refractivity contribution in [1.29, 1.82) is 0 Å². The third-order valence-electron chi connectivity index (χ3n) is 8.38. The molecule has 0 unspecified atom stereocenters. The van der Waals surface area contributed by atoms with Gasteiger partial charge in [0.1, 0.15) is 5.82 Å². The van der Waals surface area contributed by atoms with Gasteiger partial charge >= 0.3 is 0 Å². The molecule has 9 rings (SSSR count). The summed E-state index contributed by atoms with van der Waals surface area (Å²) in [5.74, 6) is 0.930. The van der Waals surface area contributed by atoms with Crippen LogP contribution in [0.4, 0.5) is 5.69 Å². The maximum atomic E-state index is 4.78. The molecule has 40 heavy (non-hydrogen) atoms. The first-order valence-corrected chi connectivity index (χ1v) is 13.6. The van der Waals surface area contributed by atoms with Crippen molar-refractivity contribution in [1.82, 2.24) is 19.0 Å². The molecule has 0 atom stereocenters. The molecule has 5 heteroatoms. The summed E-state index contributed by atoms with van der Waals surface area (Å²) in [6.07, 6.45) is 6.14. The van der Waals surface area contributed by atoms with E-state index in [0.717, 1.165) is 18.2 Å². The highest BCUT2D eigenvalue weighted by atomic mass is 15.3. The summed E-state index contributed by atoms with van der Waals surface area (Å²) in [4.78, 5) is 9.25. The molecule has 8 aromatic rings. The van der Waals surface area contributed by atoms with Crippen molar-refractivity contribution in [2.24, 2.45) is 0 Å². The summed E-state index contributed by atoms with van der Waals surface area (Å²) < 4.78 is 4.75. The number of para-hydroxylation sites is 1. The smallest absolute Gasteiger partial charge is 0.137 e. The van der Waals surface area contributed by atoms with Gasteiger partial charge in [0.2, 0.25) is 0 Å². The summed E-state index contributed by atoms with van der Waals surface area (Å²) in [7, 11) is 2.10. The van der Waals surface area contributed by atoms with Crippen LogP contribution in [0.25, 0.3) is 65.9 Å². The molecule has 4 heterocycles. The fourth-order valence-corrected chi connectivity index (χ4v) is 6.65. The van der Waals surface area contributed by atoms with Crippen LogP contribution in [0, 0.1) is 0 Å². The highest BCUT2D eigenvalue weighted by Gasteiger charge is 2.21. The van der Waals surface area contributed by atoms with Crippen molar-refractivity contribution >= 4 is 60.1 Å². The van der Waals surface area contributed by atoms with Crippen molar-refractivity contribution in [3.63, 3.8) is 0 Å². The van der Waals surface area contributed by atoms with E-state index in [-0.39, 0.29) is 0 Å². The van der Waals surface area contributed by atoms with E-state index in [9.17, 15) is 0 Å². The zero-order chi connectivity index (χ0) is 26.4. The van der Waals surface area contributed by atoms with Crippen LogP contribution in [-0.2, 0) is 0 Å². The van der Waals surface area contributed by atoms with E-state index in [1.165, 1.54) is 60.1 Å². The maximum absolute atomic E-state index is 4.78. The lowest BCUT2D eigenvalue weighted by Gasteiger charge is -2.19. The Hall–Kier alpha value is -5.29. The number of fused-ring (bicyclic) bond motifs is 3. The molecule has 3 aromatic heterocycles. The molecule has 0 spiro atoms. The van der Waals surface area contributed by atoms with Gasteiger partial charge in [-0.25, -0.2) is 4.98 Å². The number of aromatic nitrogens is 3. The minimum absolute atomic E-state index is 0.846. The molecular weight excluding hydrogens is 490 g/mol. The standard InChI is InChI=1S/C35H25N5/c1-37-17-18-38(22-37)25-14-15-28-27-8-2-3-9-29(27)39(31(28)20-25)26-19-24-13-12-23-7-6-10-30-34(23)35(24)32(21-26)40(30)33-11-4-5-16-36-33/h2-21H,22H2,1H3. The van der Waals surface area contributed by atoms with E-state index < -0.39 is 0 Å². The van der Waals surface area contributed by atoms with Crippen LogP contribution >= 0.6 is 0 Å². The van der Waals surface area contributed by atoms with E-state index in [2.05, 4.69) is 135 Å².